The van der Waals surface area contributed by atoms with E-state index in [4.69, 9.17) is 0 Å². The molecule has 10 heteroatoms. The number of thioether (sulfide) groups is 2. The zero-order valence-corrected chi connectivity index (χ0v) is 17.8. The predicted octanol–water partition coefficient (Wildman–Crippen LogP) is 5.71. The van der Waals surface area contributed by atoms with Crippen LogP contribution in [0.25, 0.3) is 16.9 Å². The average molecular weight is 441 g/mol. The van der Waals surface area contributed by atoms with Crippen molar-refractivity contribution < 1.29 is 18.0 Å². The number of halogens is 3. The van der Waals surface area contributed by atoms with Crippen LogP contribution in [0, 0.1) is 5.41 Å². The summed E-state index contributed by atoms with van der Waals surface area (Å²) in [6, 6.07) is 10.5. The lowest BCUT2D eigenvalue weighted by atomic mass is 9.95. The van der Waals surface area contributed by atoms with Gasteiger partial charge in [0.25, 0.3) is 0 Å². The average Bonchev–Trinajstić information content (AvgIpc) is 3.01. The molecule has 154 valence electrons. The molecule has 0 atom stereocenters. The summed E-state index contributed by atoms with van der Waals surface area (Å²) >= 11 is 1.16. The summed E-state index contributed by atoms with van der Waals surface area (Å²) in [6.45, 7) is 5.41. The zero-order chi connectivity index (χ0) is 21.4. The topological polar surface area (TPSA) is 59.3 Å². The summed E-state index contributed by atoms with van der Waals surface area (Å²) < 4.78 is 39.6. The first-order chi connectivity index (χ1) is 13.5. The van der Waals surface area contributed by atoms with Gasteiger partial charge in [0.2, 0.25) is 11.1 Å². The van der Waals surface area contributed by atoms with Gasteiger partial charge >= 0.3 is 5.51 Å². The number of nitrogens with zero attached hydrogens (tertiary/aromatic N) is 3. The lowest BCUT2D eigenvalue weighted by molar-refractivity contribution is -0.123. The summed E-state index contributed by atoms with van der Waals surface area (Å²) in [5.74, 6) is -0.172. The number of pyridine rings is 1. The van der Waals surface area contributed by atoms with Gasteiger partial charge in [-0.3, -0.25) is 4.79 Å². The van der Waals surface area contributed by atoms with Crippen LogP contribution in [-0.2, 0) is 4.79 Å². The lowest BCUT2D eigenvalue weighted by Crippen LogP contribution is -2.27. The van der Waals surface area contributed by atoms with Gasteiger partial charge in [-0.15, -0.1) is 16.9 Å². The highest BCUT2D eigenvalue weighted by Crippen LogP contribution is 2.37. The highest BCUT2D eigenvalue weighted by Gasteiger charge is 2.32. The summed E-state index contributed by atoms with van der Waals surface area (Å²) in [7, 11) is 0. The van der Waals surface area contributed by atoms with Crippen LogP contribution in [0.3, 0.4) is 0 Å². The van der Waals surface area contributed by atoms with Crippen molar-refractivity contribution in [3.8, 4) is 11.3 Å². The molecule has 3 rings (SSSR count). The molecule has 0 saturated carbocycles. The van der Waals surface area contributed by atoms with E-state index >= 15 is 0 Å². The van der Waals surface area contributed by atoms with Crippen molar-refractivity contribution in [3.63, 3.8) is 0 Å². The SMILES string of the molecule is CSc1ccc(NC(=O)C(C)(C)C)c(-c2cccc3nc(SC(F)(F)F)nn23)c1. The molecule has 5 nitrogen and oxygen atoms in total. The van der Waals surface area contributed by atoms with E-state index in [-0.39, 0.29) is 28.5 Å². The van der Waals surface area contributed by atoms with Crippen LogP contribution >= 0.6 is 23.5 Å². The molecule has 1 N–H and O–H groups in total. The van der Waals surface area contributed by atoms with Crippen molar-refractivity contribution in [2.24, 2.45) is 5.41 Å². The zero-order valence-electron chi connectivity index (χ0n) is 16.2. The summed E-state index contributed by atoms with van der Waals surface area (Å²) in [4.78, 5) is 17.4. The number of hydrogen-bond acceptors (Lipinski definition) is 5. The first-order valence-corrected chi connectivity index (χ1v) is 10.6. The van der Waals surface area contributed by atoms with Gasteiger partial charge in [0, 0.05) is 27.6 Å². The monoisotopic (exact) mass is 440 g/mol. The number of benzene rings is 1. The van der Waals surface area contributed by atoms with Gasteiger partial charge in [-0.05, 0) is 36.6 Å². The second-order valence-electron chi connectivity index (χ2n) is 7.24. The maximum atomic E-state index is 12.7. The Morgan fingerprint density at radius 1 is 1.14 bits per heavy atom. The molecule has 2 heterocycles. The van der Waals surface area contributed by atoms with Crippen LogP contribution in [0.1, 0.15) is 20.8 Å². The Morgan fingerprint density at radius 2 is 1.86 bits per heavy atom. The molecule has 3 aromatic rings. The number of aromatic nitrogens is 3. The van der Waals surface area contributed by atoms with Crippen molar-refractivity contribution in [2.75, 3.05) is 11.6 Å². The molecule has 0 spiro atoms. The van der Waals surface area contributed by atoms with Gasteiger partial charge < -0.3 is 5.32 Å². The Bertz CT molecular complexity index is 1060. The van der Waals surface area contributed by atoms with Gasteiger partial charge in [-0.25, -0.2) is 9.50 Å². The third-order valence-electron chi connectivity index (χ3n) is 3.98. The van der Waals surface area contributed by atoms with Crippen LogP contribution in [0.15, 0.2) is 46.5 Å². The normalized spacial score (nSPS) is 12.4. The first kappa shape index (κ1) is 21.5. The van der Waals surface area contributed by atoms with Gasteiger partial charge in [-0.1, -0.05) is 26.8 Å². The Kier molecular flexibility index (Phi) is 5.86. The minimum Gasteiger partial charge on any atom is -0.325 e. The molecule has 0 unspecified atom stereocenters. The molecule has 2 aromatic heterocycles. The van der Waals surface area contributed by atoms with Crippen molar-refractivity contribution >= 4 is 40.8 Å². The quantitative estimate of drug-likeness (QED) is 0.526. The second kappa shape index (κ2) is 7.91. The third-order valence-corrected chi connectivity index (χ3v) is 5.29. The Labute approximate surface area is 174 Å². The number of carbonyl (C=O) groups is 1. The molecule has 0 radical (unpaired) electrons. The number of nitrogens with one attached hydrogen (secondary N) is 1. The molecule has 1 amide bonds. The number of amides is 1. The van der Waals surface area contributed by atoms with Gasteiger partial charge in [0.1, 0.15) is 0 Å². The molecule has 29 heavy (non-hydrogen) atoms. The summed E-state index contributed by atoms with van der Waals surface area (Å²) in [5.41, 5.74) is -3.06. The van der Waals surface area contributed by atoms with Crippen LogP contribution < -0.4 is 5.32 Å². The number of carbonyl (C=O) groups excluding carboxylic acids is 1. The molecular formula is C19H19F3N4OS2. The van der Waals surface area contributed by atoms with Gasteiger partial charge in [0.15, 0.2) is 5.65 Å². The van der Waals surface area contributed by atoms with Crippen LogP contribution in [0.2, 0.25) is 0 Å². The molecule has 0 fully saturated rings. The maximum absolute atomic E-state index is 12.7. The fraction of sp³-hybridized carbons (Fsp3) is 0.316. The molecule has 0 aliphatic rings. The third kappa shape index (κ3) is 5.05. The van der Waals surface area contributed by atoms with Crippen LogP contribution in [0.4, 0.5) is 18.9 Å². The molecule has 1 aromatic carbocycles. The number of anilines is 1. The Hall–Kier alpha value is -2.20. The minimum atomic E-state index is -4.48. The standard InChI is InChI=1S/C19H19F3N4OS2/c1-18(2,3)16(27)23-13-9-8-11(28-4)10-12(13)14-6-5-7-15-24-17(25-26(14)15)29-19(20,21)22/h5-10H,1-4H3,(H,23,27). The van der Waals surface area contributed by atoms with Crippen molar-refractivity contribution in [1.82, 2.24) is 14.6 Å². The van der Waals surface area contributed by atoms with Crippen LogP contribution in [0.5, 0.6) is 0 Å². The summed E-state index contributed by atoms with van der Waals surface area (Å²) in [5, 5.41) is 6.56. The first-order valence-electron chi connectivity index (χ1n) is 8.59. The molecule has 0 aliphatic heterocycles. The van der Waals surface area contributed by atoms with E-state index in [9.17, 15) is 18.0 Å². The predicted molar refractivity (Wildman–Crippen MR) is 110 cm³/mol. The van der Waals surface area contributed by atoms with Crippen LogP contribution in [-0.4, -0.2) is 32.3 Å². The van der Waals surface area contributed by atoms with E-state index in [2.05, 4.69) is 15.4 Å². The van der Waals surface area contributed by atoms with E-state index in [1.165, 1.54) is 16.3 Å². The molecule has 0 bridgehead atoms. The summed E-state index contributed by atoms with van der Waals surface area (Å²) in [6.07, 6.45) is 1.92. The number of alkyl halides is 3. The maximum Gasteiger partial charge on any atom is 0.449 e. The molecule has 0 saturated heterocycles. The number of fused-ring (bicyclic) bond motifs is 1. The van der Waals surface area contributed by atoms with Crippen molar-refractivity contribution in [1.29, 1.82) is 0 Å². The fourth-order valence-electron chi connectivity index (χ4n) is 2.52. The van der Waals surface area contributed by atoms with Crippen molar-refractivity contribution in [2.45, 2.75) is 36.3 Å². The highest BCUT2D eigenvalue weighted by atomic mass is 32.2. The van der Waals surface area contributed by atoms with E-state index in [0.717, 1.165) is 4.90 Å². The number of hydrogen-bond donors (Lipinski definition) is 1. The van der Waals surface area contributed by atoms with Gasteiger partial charge in [-0.2, -0.15) is 13.2 Å². The minimum absolute atomic E-state index is 0.172. The van der Waals surface area contributed by atoms with Crippen molar-refractivity contribution in [3.05, 3.63) is 36.4 Å². The van der Waals surface area contributed by atoms with E-state index in [0.29, 0.717) is 16.9 Å². The lowest BCUT2D eigenvalue weighted by Gasteiger charge is -2.20. The highest BCUT2D eigenvalue weighted by molar-refractivity contribution is 8.00. The van der Waals surface area contributed by atoms with E-state index in [1.807, 2.05) is 18.4 Å². The second-order valence-corrected chi connectivity index (χ2v) is 9.15. The van der Waals surface area contributed by atoms with E-state index < -0.39 is 10.9 Å². The van der Waals surface area contributed by atoms with E-state index in [1.54, 1.807) is 45.0 Å². The largest absolute Gasteiger partial charge is 0.449 e. The smallest absolute Gasteiger partial charge is 0.325 e. The molecular weight excluding hydrogens is 421 g/mol. The number of rotatable bonds is 4. The fourth-order valence-corrected chi connectivity index (χ4v) is 3.43. The van der Waals surface area contributed by atoms with Gasteiger partial charge in [0.05, 0.1) is 11.4 Å². The Balaban J connectivity index is 2.13. The molecule has 0 aliphatic carbocycles. The Morgan fingerprint density at radius 3 is 2.48 bits per heavy atom.